The molecule has 0 amide bonds. The highest BCUT2D eigenvalue weighted by atomic mass is 16.2. The fraction of sp³-hybridized carbons (Fsp3) is 0.588. The van der Waals surface area contributed by atoms with Gasteiger partial charge in [-0.15, -0.1) is 0 Å². The summed E-state index contributed by atoms with van der Waals surface area (Å²) < 4.78 is 3.48. The third kappa shape index (κ3) is 3.51. The maximum atomic E-state index is 12.0. The van der Waals surface area contributed by atoms with Gasteiger partial charge in [-0.25, -0.2) is 9.78 Å². The molecule has 0 saturated carbocycles. The molecule has 1 aliphatic heterocycles. The highest BCUT2D eigenvalue weighted by molar-refractivity contribution is 5.03. The van der Waals surface area contributed by atoms with Gasteiger partial charge in [0.1, 0.15) is 5.82 Å². The zero-order valence-electron chi connectivity index (χ0n) is 14.4. The summed E-state index contributed by atoms with van der Waals surface area (Å²) in [4.78, 5) is 33.5. The molecule has 1 aliphatic rings. The van der Waals surface area contributed by atoms with E-state index in [1.165, 1.54) is 10.6 Å². The van der Waals surface area contributed by atoms with Crippen LogP contribution in [-0.4, -0.2) is 43.6 Å². The van der Waals surface area contributed by atoms with Gasteiger partial charge in [-0.3, -0.25) is 9.36 Å². The van der Waals surface area contributed by atoms with E-state index in [0.717, 1.165) is 38.3 Å². The highest BCUT2D eigenvalue weighted by Gasteiger charge is 2.24. The molecule has 3 rings (SSSR count). The molecular formula is C17H25N5O2. The lowest BCUT2D eigenvalue weighted by Gasteiger charge is -2.32. The van der Waals surface area contributed by atoms with Crippen LogP contribution in [0, 0.1) is 6.92 Å². The van der Waals surface area contributed by atoms with E-state index in [4.69, 9.17) is 0 Å². The van der Waals surface area contributed by atoms with E-state index >= 15 is 0 Å². The van der Waals surface area contributed by atoms with Crippen molar-refractivity contribution in [3.63, 3.8) is 0 Å². The first-order valence-corrected chi connectivity index (χ1v) is 8.62. The van der Waals surface area contributed by atoms with Crippen LogP contribution in [-0.2, 0) is 13.1 Å². The number of rotatable bonds is 5. The molecule has 0 spiro atoms. The quantitative estimate of drug-likeness (QED) is 0.885. The van der Waals surface area contributed by atoms with E-state index in [-0.39, 0.29) is 11.2 Å². The number of nitrogens with one attached hydrogen (secondary N) is 1. The average Bonchev–Trinajstić information content (AvgIpc) is 3.03. The molecule has 0 aromatic carbocycles. The number of likely N-dealkylation sites (tertiary alicyclic amines) is 1. The zero-order valence-corrected chi connectivity index (χ0v) is 14.4. The number of imidazole rings is 1. The SMILES string of the molecule is CCn1ccnc1[C@H]1CCCN(CCn2c(=O)cc(C)[nH]c2=O)C1. The summed E-state index contributed by atoms with van der Waals surface area (Å²) in [5, 5.41) is 0. The summed E-state index contributed by atoms with van der Waals surface area (Å²) in [5.74, 6) is 1.56. The number of hydrogen-bond acceptors (Lipinski definition) is 4. The van der Waals surface area contributed by atoms with Crippen molar-refractivity contribution in [1.82, 2.24) is 24.0 Å². The van der Waals surface area contributed by atoms with E-state index in [0.29, 0.717) is 24.7 Å². The van der Waals surface area contributed by atoms with Crippen molar-refractivity contribution in [2.24, 2.45) is 0 Å². The second kappa shape index (κ2) is 7.17. The number of aryl methyl sites for hydroxylation is 2. The first-order valence-electron chi connectivity index (χ1n) is 8.62. The third-order valence-electron chi connectivity index (χ3n) is 4.75. The predicted molar refractivity (Wildman–Crippen MR) is 92.4 cm³/mol. The summed E-state index contributed by atoms with van der Waals surface area (Å²) in [5.41, 5.74) is 0.0482. The summed E-state index contributed by atoms with van der Waals surface area (Å²) in [6, 6.07) is 1.47. The number of hydrogen-bond donors (Lipinski definition) is 1. The molecule has 130 valence electrons. The Morgan fingerprint density at radius 3 is 2.92 bits per heavy atom. The maximum absolute atomic E-state index is 12.0. The zero-order chi connectivity index (χ0) is 17.1. The molecule has 1 atom stereocenters. The second-order valence-corrected chi connectivity index (χ2v) is 6.46. The summed E-state index contributed by atoms with van der Waals surface area (Å²) in [6.07, 6.45) is 6.14. The Morgan fingerprint density at radius 2 is 2.17 bits per heavy atom. The lowest BCUT2D eigenvalue weighted by molar-refractivity contribution is 0.194. The van der Waals surface area contributed by atoms with Gasteiger partial charge in [0.05, 0.1) is 0 Å². The third-order valence-corrected chi connectivity index (χ3v) is 4.75. The van der Waals surface area contributed by atoms with Crippen LogP contribution < -0.4 is 11.2 Å². The largest absolute Gasteiger partial charge is 0.335 e. The number of nitrogens with zero attached hydrogens (tertiary/aromatic N) is 4. The van der Waals surface area contributed by atoms with E-state index in [2.05, 4.69) is 26.4 Å². The summed E-state index contributed by atoms with van der Waals surface area (Å²) >= 11 is 0. The molecule has 0 aliphatic carbocycles. The van der Waals surface area contributed by atoms with Gasteiger partial charge in [-0.05, 0) is 33.2 Å². The number of aromatic amines is 1. The van der Waals surface area contributed by atoms with Crippen LogP contribution in [0.25, 0.3) is 0 Å². The molecule has 2 aromatic rings. The fourth-order valence-corrected chi connectivity index (χ4v) is 3.51. The Morgan fingerprint density at radius 1 is 1.33 bits per heavy atom. The minimum atomic E-state index is -0.324. The molecule has 24 heavy (non-hydrogen) atoms. The molecule has 2 aromatic heterocycles. The van der Waals surface area contributed by atoms with Crippen LogP contribution >= 0.6 is 0 Å². The molecule has 1 saturated heterocycles. The average molecular weight is 331 g/mol. The van der Waals surface area contributed by atoms with Crippen molar-refractivity contribution < 1.29 is 0 Å². The van der Waals surface area contributed by atoms with Crippen LogP contribution in [0.3, 0.4) is 0 Å². The lowest BCUT2D eigenvalue weighted by Crippen LogP contribution is -2.42. The second-order valence-electron chi connectivity index (χ2n) is 6.46. The minimum Gasteiger partial charge on any atom is -0.335 e. The van der Waals surface area contributed by atoms with Gasteiger partial charge in [-0.2, -0.15) is 0 Å². The summed E-state index contributed by atoms with van der Waals surface area (Å²) in [6.45, 7) is 7.83. The number of aromatic nitrogens is 4. The van der Waals surface area contributed by atoms with Crippen LogP contribution in [0.2, 0.25) is 0 Å². The van der Waals surface area contributed by atoms with Gasteiger partial charge in [0.15, 0.2) is 0 Å². The minimum absolute atomic E-state index is 0.230. The van der Waals surface area contributed by atoms with Crippen molar-refractivity contribution in [2.75, 3.05) is 19.6 Å². The Hall–Kier alpha value is -2.15. The fourth-order valence-electron chi connectivity index (χ4n) is 3.51. The standard InChI is InChI=1S/C17H25N5O2/c1-3-21-8-6-18-16(21)14-5-4-7-20(12-14)9-10-22-15(23)11-13(2)19-17(22)24/h6,8,11,14H,3-5,7,9-10,12H2,1-2H3,(H,19,24)/t14-/m0/s1. The Bertz CT molecular complexity index is 773. The summed E-state index contributed by atoms with van der Waals surface area (Å²) in [7, 11) is 0. The smallest absolute Gasteiger partial charge is 0.328 e. The van der Waals surface area contributed by atoms with Crippen molar-refractivity contribution >= 4 is 0 Å². The first-order chi connectivity index (χ1) is 11.6. The lowest BCUT2D eigenvalue weighted by atomic mass is 9.97. The first kappa shape index (κ1) is 16.7. The van der Waals surface area contributed by atoms with Crippen LogP contribution in [0.4, 0.5) is 0 Å². The van der Waals surface area contributed by atoms with Crippen molar-refractivity contribution in [2.45, 2.75) is 45.7 Å². The molecule has 0 unspecified atom stereocenters. The van der Waals surface area contributed by atoms with Crippen LogP contribution in [0.5, 0.6) is 0 Å². The van der Waals surface area contributed by atoms with Crippen LogP contribution in [0.15, 0.2) is 28.0 Å². The van der Waals surface area contributed by atoms with Gasteiger partial charge in [0.25, 0.3) is 5.56 Å². The van der Waals surface area contributed by atoms with E-state index < -0.39 is 0 Å². The molecule has 0 radical (unpaired) electrons. The van der Waals surface area contributed by atoms with Gasteiger partial charge < -0.3 is 14.5 Å². The normalized spacial score (nSPS) is 18.8. The van der Waals surface area contributed by atoms with Gasteiger partial charge in [0, 0.05) is 56.3 Å². The maximum Gasteiger partial charge on any atom is 0.328 e. The Labute approximate surface area is 141 Å². The van der Waals surface area contributed by atoms with Crippen molar-refractivity contribution in [3.05, 3.63) is 50.8 Å². The topological polar surface area (TPSA) is 75.9 Å². The van der Waals surface area contributed by atoms with Crippen LogP contribution in [0.1, 0.15) is 37.2 Å². The van der Waals surface area contributed by atoms with E-state index in [1.54, 1.807) is 6.92 Å². The monoisotopic (exact) mass is 331 g/mol. The molecule has 1 N–H and O–H groups in total. The van der Waals surface area contributed by atoms with E-state index in [9.17, 15) is 9.59 Å². The molecule has 3 heterocycles. The van der Waals surface area contributed by atoms with Crippen molar-refractivity contribution in [3.8, 4) is 0 Å². The Kier molecular flexibility index (Phi) is 4.99. The Balaban J connectivity index is 1.66. The number of piperidine rings is 1. The predicted octanol–water partition coefficient (Wildman–Crippen LogP) is 0.941. The van der Waals surface area contributed by atoms with E-state index in [1.807, 2.05) is 12.4 Å². The van der Waals surface area contributed by atoms with Gasteiger partial charge >= 0.3 is 5.69 Å². The molecule has 7 nitrogen and oxygen atoms in total. The van der Waals surface area contributed by atoms with Gasteiger partial charge in [0.2, 0.25) is 0 Å². The molecule has 7 heteroatoms. The van der Waals surface area contributed by atoms with Gasteiger partial charge in [-0.1, -0.05) is 0 Å². The molecular weight excluding hydrogens is 306 g/mol. The highest BCUT2D eigenvalue weighted by Crippen LogP contribution is 2.25. The molecule has 0 bridgehead atoms. The molecule has 1 fully saturated rings. The van der Waals surface area contributed by atoms with Crippen molar-refractivity contribution in [1.29, 1.82) is 0 Å². The number of H-pyrrole nitrogens is 1.